The van der Waals surface area contributed by atoms with Gasteiger partial charge in [0.25, 0.3) is 0 Å². The number of hydrogen-bond donors (Lipinski definition) is 2. The molecular weight excluding hydrogens is 269 g/mol. The first-order chi connectivity index (χ1) is 6.97. The van der Waals surface area contributed by atoms with Gasteiger partial charge in [0.2, 0.25) is 0 Å². The average molecular weight is 278 g/mol. The Bertz CT molecular complexity index is 397. The lowest BCUT2D eigenvalue weighted by molar-refractivity contribution is -0.138. The van der Waals surface area contributed by atoms with Crippen molar-refractivity contribution < 1.29 is 19.0 Å². The summed E-state index contributed by atoms with van der Waals surface area (Å²) in [6, 6.07) is 1.16. The monoisotopic (exact) mass is 277 g/mol. The molecule has 1 rings (SSSR count). The van der Waals surface area contributed by atoms with Crippen LogP contribution < -0.4 is 10.5 Å². The normalized spacial score (nSPS) is 12.3. The molecule has 0 aliphatic carbocycles. The standard InChI is InChI=1S/C9H9BrFNO3/c1-15-6-3-4(10)2-5(11)7(6)8(12)9(13)14/h2-3,8H,12H2,1H3,(H,13,14). The molecule has 82 valence electrons. The van der Waals surface area contributed by atoms with Gasteiger partial charge in [-0.15, -0.1) is 0 Å². The van der Waals surface area contributed by atoms with E-state index in [1.54, 1.807) is 0 Å². The minimum Gasteiger partial charge on any atom is -0.496 e. The molecule has 0 saturated carbocycles. The minimum absolute atomic E-state index is 0.108. The Morgan fingerprint density at radius 1 is 1.67 bits per heavy atom. The maximum absolute atomic E-state index is 13.5. The summed E-state index contributed by atoms with van der Waals surface area (Å²) in [5.41, 5.74) is 5.17. The third kappa shape index (κ3) is 2.45. The fourth-order valence-corrected chi connectivity index (χ4v) is 1.56. The zero-order valence-electron chi connectivity index (χ0n) is 7.83. The molecule has 1 aromatic carbocycles. The maximum Gasteiger partial charge on any atom is 0.325 e. The SMILES string of the molecule is COc1cc(Br)cc(F)c1C(N)C(=O)O. The van der Waals surface area contributed by atoms with Crippen LogP contribution in [0, 0.1) is 5.82 Å². The summed E-state index contributed by atoms with van der Waals surface area (Å²) in [7, 11) is 1.32. The molecule has 0 bridgehead atoms. The van der Waals surface area contributed by atoms with Gasteiger partial charge in [-0.05, 0) is 12.1 Å². The highest BCUT2D eigenvalue weighted by Gasteiger charge is 2.23. The Kier molecular flexibility index (Phi) is 3.65. The number of carboxylic acid groups (broad SMARTS) is 1. The van der Waals surface area contributed by atoms with Crippen LogP contribution >= 0.6 is 15.9 Å². The third-order valence-corrected chi connectivity index (χ3v) is 2.31. The van der Waals surface area contributed by atoms with Gasteiger partial charge in [-0.1, -0.05) is 15.9 Å². The van der Waals surface area contributed by atoms with E-state index in [1.165, 1.54) is 13.2 Å². The Hall–Kier alpha value is -1.14. The van der Waals surface area contributed by atoms with Crippen molar-refractivity contribution in [1.82, 2.24) is 0 Å². The van der Waals surface area contributed by atoms with Gasteiger partial charge >= 0.3 is 5.97 Å². The van der Waals surface area contributed by atoms with Crippen molar-refractivity contribution in [2.45, 2.75) is 6.04 Å². The van der Waals surface area contributed by atoms with Crippen LogP contribution in [0.4, 0.5) is 4.39 Å². The number of nitrogens with two attached hydrogens (primary N) is 1. The van der Waals surface area contributed by atoms with E-state index in [0.29, 0.717) is 4.47 Å². The van der Waals surface area contributed by atoms with Crippen LogP contribution in [0.3, 0.4) is 0 Å². The second-order valence-corrected chi connectivity index (χ2v) is 3.74. The van der Waals surface area contributed by atoms with E-state index in [2.05, 4.69) is 15.9 Å². The minimum atomic E-state index is -1.44. The van der Waals surface area contributed by atoms with Crippen LogP contribution in [-0.4, -0.2) is 18.2 Å². The second-order valence-electron chi connectivity index (χ2n) is 2.82. The molecule has 0 saturated heterocycles. The van der Waals surface area contributed by atoms with Gasteiger partial charge < -0.3 is 15.6 Å². The molecule has 0 spiro atoms. The molecule has 0 fully saturated rings. The lowest BCUT2D eigenvalue weighted by atomic mass is 10.1. The predicted molar refractivity (Wildman–Crippen MR) is 55.2 cm³/mol. The van der Waals surface area contributed by atoms with E-state index in [4.69, 9.17) is 15.6 Å². The zero-order chi connectivity index (χ0) is 11.6. The molecule has 0 heterocycles. The zero-order valence-corrected chi connectivity index (χ0v) is 9.42. The summed E-state index contributed by atoms with van der Waals surface area (Å²) in [6.45, 7) is 0. The van der Waals surface area contributed by atoms with Crippen LogP contribution in [0.25, 0.3) is 0 Å². The van der Waals surface area contributed by atoms with Gasteiger partial charge in [0, 0.05) is 4.47 Å². The first kappa shape index (κ1) is 11.9. The van der Waals surface area contributed by atoms with Gasteiger partial charge in [0.05, 0.1) is 12.7 Å². The lowest BCUT2D eigenvalue weighted by Gasteiger charge is -2.13. The van der Waals surface area contributed by atoms with Crippen LogP contribution in [0.2, 0.25) is 0 Å². The molecule has 3 N–H and O–H groups in total. The number of benzene rings is 1. The van der Waals surface area contributed by atoms with Crippen molar-refractivity contribution in [3.8, 4) is 5.75 Å². The predicted octanol–water partition coefficient (Wildman–Crippen LogP) is 1.68. The molecular formula is C9H9BrFNO3. The third-order valence-electron chi connectivity index (χ3n) is 1.85. The summed E-state index contributed by atoms with van der Waals surface area (Å²) < 4.78 is 18.8. The largest absolute Gasteiger partial charge is 0.496 e. The van der Waals surface area contributed by atoms with E-state index >= 15 is 0 Å². The van der Waals surface area contributed by atoms with Crippen molar-refractivity contribution in [3.05, 3.63) is 28.0 Å². The molecule has 1 atom stereocenters. The summed E-state index contributed by atoms with van der Waals surface area (Å²) in [5, 5.41) is 8.69. The van der Waals surface area contributed by atoms with Crippen LogP contribution in [0.15, 0.2) is 16.6 Å². The smallest absolute Gasteiger partial charge is 0.325 e. The molecule has 0 radical (unpaired) electrons. The van der Waals surface area contributed by atoms with Crippen molar-refractivity contribution in [2.24, 2.45) is 5.73 Å². The van der Waals surface area contributed by atoms with E-state index in [1.807, 2.05) is 0 Å². The number of carboxylic acids is 1. The van der Waals surface area contributed by atoms with Crippen molar-refractivity contribution in [1.29, 1.82) is 0 Å². The number of rotatable bonds is 3. The van der Waals surface area contributed by atoms with E-state index in [9.17, 15) is 9.18 Å². The number of aliphatic carboxylic acids is 1. The van der Waals surface area contributed by atoms with Gasteiger partial charge in [0.15, 0.2) is 0 Å². The molecule has 0 aromatic heterocycles. The summed E-state index contributed by atoms with van der Waals surface area (Å²) >= 11 is 3.07. The molecule has 0 amide bonds. The fourth-order valence-electron chi connectivity index (χ4n) is 1.16. The van der Waals surface area contributed by atoms with Crippen LogP contribution in [-0.2, 0) is 4.79 Å². The number of halogens is 2. The van der Waals surface area contributed by atoms with Crippen LogP contribution in [0.1, 0.15) is 11.6 Å². The van der Waals surface area contributed by atoms with Crippen LogP contribution in [0.5, 0.6) is 5.75 Å². The first-order valence-electron chi connectivity index (χ1n) is 3.98. The topological polar surface area (TPSA) is 72.5 Å². The van der Waals surface area contributed by atoms with Crippen molar-refractivity contribution in [3.63, 3.8) is 0 Å². The maximum atomic E-state index is 13.5. The van der Waals surface area contributed by atoms with E-state index in [0.717, 1.165) is 6.07 Å². The molecule has 0 aliphatic heterocycles. The molecule has 0 aliphatic rings. The van der Waals surface area contributed by atoms with Gasteiger partial charge in [-0.3, -0.25) is 4.79 Å². The first-order valence-corrected chi connectivity index (χ1v) is 4.78. The number of carbonyl (C=O) groups is 1. The highest BCUT2D eigenvalue weighted by atomic mass is 79.9. The Balaban J connectivity index is 3.32. The lowest BCUT2D eigenvalue weighted by Crippen LogP contribution is -2.22. The van der Waals surface area contributed by atoms with E-state index in [-0.39, 0.29) is 11.3 Å². The van der Waals surface area contributed by atoms with Crippen molar-refractivity contribution in [2.75, 3.05) is 7.11 Å². The fraction of sp³-hybridized carbons (Fsp3) is 0.222. The average Bonchev–Trinajstić information content (AvgIpc) is 2.15. The summed E-state index contributed by atoms with van der Waals surface area (Å²) in [6.07, 6.45) is 0. The van der Waals surface area contributed by atoms with Gasteiger partial charge in [-0.2, -0.15) is 0 Å². The van der Waals surface area contributed by atoms with E-state index < -0.39 is 17.8 Å². The van der Waals surface area contributed by atoms with Gasteiger partial charge in [0.1, 0.15) is 17.6 Å². The summed E-state index contributed by atoms with van der Waals surface area (Å²) in [4.78, 5) is 10.6. The van der Waals surface area contributed by atoms with Crippen molar-refractivity contribution >= 4 is 21.9 Å². The second kappa shape index (κ2) is 4.59. The Morgan fingerprint density at radius 3 is 2.73 bits per heavy atom. The number of ether oxygens (including phenoxy) is 1. The Labute approximate surface area is 94.0 Å². The number of methoxy groups -OCH3 is 1. The quantitative estimate of drug-likeness (QED) is 0.882. The molecule has 4 nitrogen and oxygen atoms in total. The molecule has 1 unspecified atom stereocenters. The highest BCUT2D eigenvalue weighted by Crippen LogP contribution is 2.30. The molecule has 6 heteroatoms. The Morgan fingerprint density at radius 2 is 2.27 bits per heavy atom. The van der Waals surface area contributed by atoms with Gasteiger partial charge in [-0.25, -0.2) is 4.39 Å². The molecule has 15 heavy (non-hydrogen) atoms. The summed E-state index contributed by atoms with van der Waals surface area (Å²) in [5.74, 6) is -1.91. The highest BCUT2D eigenvalue weighted by molar-refractivity contribution is 9.10. The number of hydrogen-bond acceptors (Lipinski definition) is 3. The molecule has 1 aromatic rings.